The molecule has 0 amide bonds. The highest BCUT2D eigenvalue weighted by Gasteiger charge is 2.56. The van der Waals surface area contributed by atoms with Crippen molar-refractivity contribution in [2.75, 3.05) is 0 Å². The van der Waals surface area contributed by atoms with E-state index >= 15 is 0 Å². The zero-order chi connectivity index (χ0) is 16.1. The summed E-state index contributed by atoms with van der Waals surface area (Å²) in [5.41, 5.74) is 1.85. The van der Waals surface area contributed by atoms with Crippen molar-refractivity contribution < 1.29 is 27.9 Å². The zero-order valence-electron chi connectivity index (χ0n) is 11.8. The summed E-state index contributed by atoms with van der Waals surface area (Å²) >= 11 is 0.803. The summed E-state index contributed by atoms with van der Waals surface area (Å²) in [7, 11) is 0. The van der Waals surface area contributed by atoms with Gasteiger partial charge in [-0.1, -0.05) is 5.16 Å². The summed E-state index contributed by atoms with van der Waals surface area (Å²) in [6.45, 7) is 0. The van der Waals surface area contributed by atoms with E-state index in [9.17, 15) is 23.1 Å². The number of carboxylic acids is 1. The van der Waals surface area contributed by atoms with Crippen molar-refractivity contribution in [1.29, 1.82) is 0 Å². The van der Waals surface area contributed by atoms with Crippen LogP contribution in [0.3, 0.4) is 0 Å². The molecular weight excluding hydrogens is 334 g/mol. The van der Waals surface area contributed by atoms with Crippen molar-refractivity contribution in [1.82, 2.24) is 0 Å². The standard InChI is InChI=1S/C13H11F3NO3S.Al.2H/c14-13(15,16)9-5-8(17-20-9)10-6-3-1-2-4-7(6)11(21-10)12(18)19;;;/h1-5H2,(H,18,19);;;. The van der Waals surface area contributed by atoms with Gasteiger partial charge in [-0.25, -0.2) is 4.79 Å². The van der Waals surface area contributed by atoms with E-state index in [0.29, 0.717) is 17.7 Å². The van der Waals surface area contributed by atoms with E-state index in [4.69, 9.17) is 4.84 Å². The number of carbonyl (C=O) groups is 1. The average Bonchev–Trinajstić information content (AvgIpc) is 3.00. The zero-order valence-corrected chi connectivity index (χ0v) is 14.6. The molecule has 0 saturated carbocycles. The van der Waals surface area contributed by atoms with Gasteiger partial charge in [-0.05, 0) is 36.8 Å². The van der Waals surface area contributed by atoms with Crippen molar-refractivity contribution in [3.8, 4) is 0 Å². The molecule has 1 aromatic heterocycles. The summed E-state index contributed by atoms with van der Waals surface area (Å²) in [6.07, 6.45) is -1.62. The van der Waals surface area contributed by atoms with Crippen molar-refractivity contribution in [3.63, 3.8) is 0 Å². The third-order valence-corrected chi connectivity index (χ3v) is 6.55. The predicted molar refractivity (Wildman–Crippen MR) is 77.5 cm³/mol. The molecule has 1 aromatic rings. The molecule has 0 radical (unpaired) electrons. The number of fused-ring (bicyclic) bond motifs is 1. The number of hydrogen-bond acceptors (Lipinski definition) is 4. The Bertz CT molecular complexity index is 670. The molecule has 0 bridgehead atoms. The van der Waals surface area contributed by atoms with Crippen LogP contribution in [-0.2, 0) is 17.7 Å². The smallest absolute Gasteiger partial charge is 0.415 e. The fourth-order valence-corrected chi connectivity index (χ4v) is 4.49. The molecule has 1 aliphatic carbocycles. The summed E-state index contributed by atoms with van der Waals surface area (Å²) in [5.74, 6) is -1.03. The van der Waals surface area contributed by atoms with E-state index in [0.717, 1.165) is 35.3 Å². The van der Waals surface area contributed by atoms with E-state index in [1.165, 1.54) is 0 Å². The normalized spacial score (nSPS) is 24.6. The van der Waals surface area contributed by atoms with Crippen LogP contribution < -0.4 is 0 Å². The van der Waals surface area contributed by atoms with Crippen molar-refractivity contribution in [2.24, 2.45) is 5.16 Å². The van der Waals surface area contributed by atoms with Crippen LogP contribution in [0, 0.1) is 0 Å². The van der Waals surface area contributed by atoms with Gasteiger partial charge in [0.05, 0.1) is 4.88 Å². The molecule has 1 unspecified atom stereocenters. The van der Waals surface area contributed by atoms with Crippen LogP contribution in [-0.4, -0.2) is 43.7 Å². The fourth-order valence-electron chi connectivity index (χ4n) is 2.85. The molecule has 1 N–H and O–H groups in total. The van der Waals surface area contributed by atoms with Crippen LogP contribution in [0.1, 0.15) is 44.9 Å². The number of oxime groups is 1. The lowest BCUT2D eigenvalue weighted by Gasteiger charge is -2.25. The topological polar surface area (TPSA) is 58.9 Å². The lowest BCUT2D eigenvalue weighted by Crippen LogP contribution is -2.45. The second kappa shape index (κ2) is 5.25. The third-order valence-electron chi connectivity index (χ3n) is 4.14. The van der Waals surface area contributed by atoms with Crippen LogP contribution in [0.2, 0.25) is 0 Å². The van der Waals surface area contributed by atoms with Gasteiger partial charge in [-0.3, -0.25) is 0 Å². The molecule has 2 aliphatic rings. The molecule has 22 heavy (non-hydrogen) atoms. The van der Waals surface area contributed by atoms with Gasteiger partial charge in [-0.2, -0.15) is 13.2 Å². The molecule has 0 saturated heterocycles. The molecule has 1 aliphatic heterocycles. The van der Waals surface area contributed by atoms with Crippen LogP contribution in [0.5, 0.6) is 0 Å². The first-order chi connectivity index (χ1) is 10.2. The molecule has 3 rings (SSSR count). The van der Waals surface area contributed by atoms with E-state index in [-0.39, 0.29) is 33.3 Å². The van der Waals surface area contributed by atoms with Crippen molar-refractivity contribution >= 4 is 39.3 Å². The SMILES string of the molecule is O=C(O)c1sc(C2=NO[C]([AlH2])(C(F)(F)F)C2)c2c1CCCC2. The van der Waals surface area contributed by atoms with E-state index in [2.05, 4.69) is 5.16 Å². The van der Waals surface area contributed by atoms with Crippen molar-refractivity contribution in [2.45, 2.75) is 42.7 Å². The number of alkyl halides is 3. The summed E-state index contributed by atoms with van der Waals surface area (Å²) in [5, 5.41) is 13.0. The van der Waals surface area contributed by atoms with Gasteiger partial charge >= 0.3 is 28.4 Å². The minimum Gasteiger partial charge on any atom is -0.477 e. The third kappa shape index (κ3) is 2.45. The minimum atomic E-state index is -4.46. The van der Waals surface area contributed by atoms with Crippen LogP contribution in [0.25, 0.3) is 0 Å². The summed E-state index contributed by atoms with van der Waals surface area (Å²) in [4.78, 5) is 16.9. The number of carboxylic acid groups (broad SMARTS) is 1. The highest BCUT2D eigenvalue weighted by atomic mass is 32.1. The first kappa shape index (κ1) is 15.8. The van der Waals surface area contributed by atoms with Gasteiger partial charge in [-0.15, -0.1) is 11.3 Å². The first-order valence-electron chi connectivity index (χ1n) is 6.93. The van der Waals surface area contributed by atoms with Gasteiger partial charge in [0, 0.05) is 6.42 Å². The maximum absolute atomic E-state index is 13.1. The molecular formula is C13H13AlF3NO3S. The number of rotatable bonds is 2. The Hall–Kier alpha value is -1.04. The molecule has 1 atom stereocenters. The van der Waals surface area contributed by atoms with Gasteiger partial charge < -0.3 is 9.94 Å². The molecule has 4 nitrogen and oxygen atoms in total. The lowest BCUT2D eigenvalue weighted by molar-refractivity contribution is -0.233. The molecule has 0 spiro atoms. The van der Waals surface area contributed by atoms with E-state index < -0.39 is 16.6 Å². The minimum absolute atomic E-state index is 0.227. The average molecular weight is 347 g/mol. The second-order valence-electron chi connectivity index (χ2n) is 5.76. The fraction of sp³-hybridized carbons (Fsp3) is 0.538. The number of thiophene rings is 1. The number of hydrogen-bond donors (Lipinski definition) is 1. The summed E-state index contributed by atoms with van der Waals surface area (Å²) < 4.78 is 37.0. The molecule has 9 heteroatoms. The van der Waals surface area contributed by atoms with Gasteiger partial charge in [0.15, 0.2) is 4.46 Å². The Morgan fingerprint density at radius 1 is 1.32 bits per heavy atom. The van der Waals surface area contributed by atoms with E-state index in [1.54, 1.807) is 0 Å². The molecule has 0 aromatic carbocycles. The predicted octanol–water partition coefficient (Wildman–Crippen LogP) is 2.34. The number of aromatic carboxylic acids is 1. The number of halogens is 3. The lowest BCUT2D eigenvalue weighted by atomic mass is 9.90. The maximum Gasteiger partial charge on any atom is 0.415 e. The Kier molecular flexibility index (Phi) is 3.78. The monoisotopic (exact) mass is 347 g/mol. The quantitative estimate of drug-likeness (QED) is 0.836. The van der Waals surface area contributed by atoms with Gasteiger partial charge in [0.1, 0.15) is 10.6 Å². The Morgan fingerprint density at radius 3 is 2.50 bits per heavy atom. The van der Waals surface area contributed by atoms with Crippen LogP contribution in [0.4, 0.5) is 13.2 Å². The first-order valence-corrected chi connectivity index (χ1v) is 8.74. The Morgan fingerprint density at radius 2 is 1.95 bits per heavy atom. The summed E-state index contributed by atoms with van der Waals surface area (Å²) in [6, 6.07) is 0. The van der Waals surface area contributed by atoms with Crippen LogP contribution in [0.15, 0.2) is 5.16 Å². The largest absolute Gasteiger partial charge is 0.477 e. The highest BCUT2D eigenvalue weighted by Crippen LogP contribution is 2.42. The van der Waals surface area contributed by atoms with Gasteiger partial charge in [0.25, 0.3) is 0 Å². The highest BCUT2D eigenvalue weighted by molar-refractivity contribution is 7.16. The molecule has 2 heterocycles. The van der Waals surface area contributed by atoms with Gasteiger partial charge in [0.2, 0.25) is 0 Å². The molecule has 118 valence electrons. The van der Waals surface area contributed by atoms with Crippen molar-refractivity contribution in [3.05, 3.63) is 20.9 Å². The maximum atomic E-state index is 13.1. The second-order valence-corrected chi connectivity index (χ2v) is 8.40. The Labute approximate surface area is 136 Å². The van der Waals surface area contributed by atoms with E-state index in [1.807, 2.05) is 0 Å². The Balaban J connectivity index is 1.99. The van der Waals surface area contributed by atoms with Crippen LogP contribution >= 0.6 is 11.3 Å². The molecule has 0 fully saturated rings. The number of nitrogens with zero attached hydrogens (tertiary/aromatic N) is 1.